The molecule has 0 amide bonds. The largest absolute Gasteiger partial charge is 0.350 e. The van der Waals surface area contributed by atoms with Gasteiger partial charge in [-0.2, -0.15) is 0 Å². The standard InChI is InChI=1S/C15H18BrN3/c1-11(2)19(10-13-7-5-4-6-8-13)15-9-14(16)17-12(3)18-15/h4-9,11H,10H2,1-3H3. The zero-order valence-electron chi connectivity index (χ0n) is 11.5. The molecule has 0 saturated carbocycles. The van der Waals surface area contributed by atoms with Gasteiger partial charge in [-0.15, -0.1) is 0 Å². The number of benzene rings is 1. The summed E-state index contributed by atoms with van der Waals surface area (Å²) in [6.45, 7) is 7.11. The number of hydrogen-bond acceptors (Lipinski definition) is 3. The van der Waals surface area contributed by atoms with Crippen molar-refractivity contribution in [3.05, 3.63) is 52.4 Å². The van der Waals surface area contributed by atoms with Crippen LogP contribution in [0.15, 0.2) is 41.0 Å². The molecule has 0 atom stereocenters. The zero-order chi connectivity index (χ0) is 13.8. The lowest BCUT2D eigenvalue weighted by Gasteiger charge is -2.28. The molecule has 0 unspecified atom stereocenters. The second-order valence-corrected chi connectivity index (χ2v) is 5.62. The van der Waals surface area contributed by atoms with E-state index in [-0.39, 0.29) is 0 Å². The van der Waals surface area contributed by atoms with Crippen LogP contribution in [-0.2, 0) is 6.54 Å². The lowest BCUT2D eigenvalue weighted by Crippen LogP contribution is -2.31. The Labute approximate surface area is 122 Å². The lowest BCUT2D eigenvalue weighted by molar-refractivity contribution is 0.669. The summed E-state index contributed by atoms with van der Waals surface area (Å²) in [6, 6.07) is 12.8. The summed E-state index contributed by atoms with van der Waals surface area (Å²) in [5.74, 6) is 1.74. The third-order valence-electron chi connectivity index (χ3n) is 2.91. The Hall–Kier alpha value is -1.42. The molecule has 19 heavy (non-hydrogen) atoms. The number of hydrogen-bond donors (Lipinski definition) is 0. The third-order valence-corrected chi connectivity index (χ3v) is 3.31. The fourth-order valence-electron chi connectivity index (χ4n) is 1.97. The first-order chi connectivity index (χ1) is 9.06. The van der Waals surface area contributed by atoms with Gasteiger partial charge in [0.2, 0.25) is 0 Å². The van der Waals surface area contributed by atoms with Gasteiger partial charge in [0.05, 0.1) is 0 Å². The van der Waals surface area contributed by atoms with E-state index in [1.165, 1.54) is 5.56 Å². The van der Waals surface area contributed by atoms with E-state index < -0.39 is 0 Å². The van der Waals surface area contributed by atoms with Gasteiger partial charge in [0.1, 0.15) is 16.2 Å². The van der Waals surface area contributed by atoms with Crippen molar-refractivity contribution < 1.29 is 0 Å². The molecular weight excluding hydrogens is 302 g/mol. The molecule has 0 aliphatic heterocycles. The molecule has 0 aliphatic rings. The summed E-state index contributed by atoms with van der Waals surface area (Å²) < 4.78 is 0.828. The normalized spacial score (nSPS) is 10.8. The second kappa shape index (κ2) is 6.15. The average molecular weight is 320 g/mol. The van der Waals surface area contributed by atoms with Crippen molar-refractivity contribution in [2.75, 3.05) is 4.90 Å². The van der Waals surface area contributed by atoms with E-state index >= 15 is 0 Å². The van der Waals surface area contributed by atoms with Gasteiger partial charge >= 0.3 is 0 Å². The molecule has 0 spiro atoms. The van der Waals surface area contributed by atoms with Crippen LogP contribution in [0.4, 0.5) is 5.82 Å². The van der Waals surface area contributed by atoms with Crippen LogP contribution >= 0.6 is 15.9 Å². The van der Waals surface area contributed by atoms with Crippen molar-refractivity contribution in [2.45, 2.75) is 33.4 Å². The Balaban J connectivity index is 2.30. The van der Waals surface area contributed by atoms with Gasteiger partial charge in [0.25, 0.3) is 0 Å². The maximum atomic E-state index is 4.54. The topological polar surface area (TPSA) is 29.0 Å². The molecule has 100 valence electrons. The lowest BCUT2D eigenvalue weighted by atomic mass is 10.2. The first-order valence-electron chi connectivity index (χ1n) is 6.38. The van der Waals surface area contributed by atoms with E-state index in [4.69, 9.17) is 0 Å². The van der Waals surface area contributed by atoms with Crippen molar-refractivity contribution in [1.82, 2.24) is 9.97 Å². The predicted octanol–water partition coefficient (Wildman–Crippen LogP) is 3.96. The highest BCUT2D eigenvalue weighted by Gasteiger charge is 2.14. The molecule has 4 heteroatoms. The fourth-order valence-corrected chi connectivity index (χ4v) is 2.43. The number of nitrogens with zero attached hydrogens (tertiary/aromatic N) is 3. The Bertz CT molecular complexity index is 520. The molecule has 1 aromatic carbocycles. The third kappa shape index (κ3) is 3.77. The summed E-state index contributed by atoms with van der Waals surface area (Å²) in [5.41, 5.74) is 1.28. The van der Waals surface area contributed by atoms with Crippen LogP contribution in [0.25, 0.3) is 0 Å². The van der Waals surface area contributed by atoms with E-state index in [1.54, 1.807) is 0 Å². The Morgan fingerprint density at radius 2 is 1.84 bits per heavy atom. The molecule has 2 rings (SSSR count). The average Bonchev–Trinajstić information content (AvgIpc) is 2.35. The monoisotopic (exact) mass is 319 g/mol. The molecule has 0 bridgehead atoms. The zero-order valence-corrected chi connectivity index (χ0v) is 13.1. The highest BCUT2D eigenvalue weighted by molar-refractivity contribution is 9.10. The predicted molar refractivity (Wildman–Crippen MR) is 82.2 cm³/mol. The molecule has 2 aromatic rings. The van der Waals surface area contributed by atoms with Crippen molar-refractivity contribution in [3.63, 3.8) is 0 Å². The fraction of sp³-hybridized carbons (Fsp3) is 0.333. The molecule has 0 N–H and O–H groups in total. The van der Waals surface area contributed by atoms with Crippen molar-refractivity contribution in [1.29, 1.82) is 0 Å². The minimum absolute atomic E-state index is 0.376. The van der Waals surface area contributed by atoms with Crippen LogP contribution in [0.3, 0.4) is 0 Å². The number of aromatic nitrogens is 2. The smallest absolute Gasteiger partial charge is 0.133 e. The molecule has 0 radical (unpaired) electrons. The van der Waals surface area contributed by atoms with Crippen molar-refractivity contribution in [3.8, 4) is 0 Å². The summed E-state index contributed by atoms with van der Waals surface area (Å²) in [4.78, 5) is 11.1. The van der Waals surface area contributed by atoms with Gasteiger partial charge in [-0.25, -0.2) is 9.97 Å². The van der Waals surface area contributed by atoms with Gasteiger partial charge < -0.3 is 4.90 Å². The van der Waals surface area contributed by atoms with Gasteiger partial charge in [-0.05, 0) is 42.3 Å². The Kier molecular flexibility index (Phi) is 4.53. The van der Waals surface area contributed by atoms with Crippen LogP contribution in [0.1, 0.15) is 25.2 Å². The van der Waals surface area contributed by atoms with E-state index in [0.717, 1.165) is 22.8 Å². The molecule has 3 nitrogen and oxygen atoms in total. The summed E-state index contributed by atoms with van der Waals surface area (Å²) >= 11 is 3.44. The molecule has 1 aromatic heterocycles. The molecular formula is C15H18BrN3. The van der Waals surface area contributed by atoms with Crippen molar-refractivity contribution in [2.24, 2.45) is 0 Å². The van der Waals surface area contributed by atoms with E-state index in [9.17, 15) is 0 Å². The highest BCUT2D eigenvalue weighted by Crippen LogP contribution is 2.21. The summed E-state index contributed by atoms with van der Waals surface area (Å²) in [5, 5.41) is 0. The van der Waals surface area contributed by atoms with Crippen LogP contribution in [-0.4, -0.2) is 16.0 Å². The second-order valence-electron chi connectivity index (χ2n) is 4.80. The van der Waals surface area contributed by atoms with E-state index in [2.05, 4.69) is 68.9 Å². The van der Waals surface area contributed by atoms with Crippen LogP contribution in [0, 0.1) is 6.92 Å². The molecule has 1 heterocycles. The summed E-state index contributed by atoms with van der Waals surface area (Å²) in [7, 11) is 0. The number of anilines is 1. The minimum atomic E-state index is 0.376. The maximum Gasteiger partial charge on any atom is 0.133 e. The Morgan fingerprint density at radius 1 is 1.16 bits per heavy atom. The van der Waals surface area contributed by atoms with Crippen LogP contribution in [0.2, 0.25) is 0 Å². The minimum Gasteiger partial charge on any atom is -0.350 e. The Morgan fingerprint density at radius 3 is 2.42 bits per heavy atom. The molecule has 0 saturated heterocycles. The highest BCUT2D eigenvalue weighted by atomic mass is 79.9. The van der Waals surface area contributed by atoms with E-state index in [0.29, 0.717) is 6.04 Å². The maximum absolute atomic E-state index is 4.54. The van der Waals surface area contributed by atoms with E-state index in [1.807, 2.05) is 19.1 Å². The number of rotatable bonds is 4. The molecule has 0 aliphatic carbocycles. The first-order valence-corrected chi connectivity index (χ1v) is 7.17. The van der Waals surface area contributed by atoms with Gasteiger partial charge in [0, 0.05) is 18.7 Å². The number of halogens is 1. The van der Waals surface area contributed by atoms with Gasteiger partial charge in [-0.3, -0.25) is 0 Å². The van der Waals surface area contributed by atoms with Gasteiger partial charge in [0.15, 0.2) is 0 Å². The van der Waals surface area contributed by atoms with Crippen molar-refractivity contribution >= 4 is 21.7 Å². The first kappa shape index (κ1) is 14.0. The van der Waals surface area contributed by atoms with Crippen LogP contribution in [0.5, 0.6) is 0 Å². The summed E-state index contributed by atoms with van der Waals surface area (Å²) in [6.07, 6.45) is 0. The SMILES string of the molecule is Cc1nc(Br)cc(N(Cc2ccccc2)C(C)C)n1. The number of aryl methyl sites for hydroxylation is 1. The quantitative estimate of drug-likeness (QED) is 0.799. The van der Waals surface area contributed by atoms with Crippen LogP contribution < -0.4 is 4.90 Å². The molecule has 0 fully saturated rings. The van der Waals surface area contributed by atoms with Gasteiger partial charge in [-0.1, -0.05) is 30.3 Å².